The van der Waals surface area contributed by atoms with Crippen molar-refractivity contribution in [3.8, 4) is 0 Å². The third-order valence-electron chi connectivity index (χ3n) is 4.41. The van der Waals surface area contributed by atoms with Crippen LogP contribution in [0.5, 0.6) is 0 Å². The number of nitrogens with one attached hydrogen (secondary N) is 2. The zero-order chi connectivity index (χ0) is 15.8. The summed E-state index contributed by atoms with van der Waals surface area (Å²) in [4.78, 5) is 22.8. The van der Waals surface area contributed by atoms with E-state index in [1.165, 1.54) is 0 Å². The number of fused-ring (bicyclic) bond motifs is 1. The first-order chi connectivity index (χ1) is 11.2. The van der Waals surface area contributed by atoms with Gasteiger partial charge in [0.2, 0.25) is 0 Å². The first kappa shape index (κ1) is 13.9. The van der Waals surface area contributed by atoms with Gasteiger partial charge in [-0.1, -0.05) is 12.1 Å². The SMILES string of the molecule is Cc1n[nH]nc1C(=O)N1CCCC[C@H]1c1nc2ccccc2[nH]1. The van der Waals surface area contributed by atoms with Gasteiger partial charge < -0.3 is 9.88 Å². The molecule has 1 saturated heterocycles. The molecule has 23 heavy (non-hydrogen) atoms. The summed E-state index contributed by atoms with van der Waals surface area (Å²) in [5.74, 6) is 0.766. The van der Waals surface area contributed by atoms with Crippen LogP contribution in [0.4, 0.5) is 0 Å². The van der Waals surface area contributed by atoms with Crippen LogP contribution in [0.2, 0.25) is 0 Å². The minimum absolute atomic E-state index is 0.0419. The van der Waals surface area contributed by atoms with Crippen molar-refractivity contribution in [2.45, 2.75) is 32.2 Å². The topological polar surface area (TPSA) is 90.6 Å². The van der Waals surface area contributed by atoms with Crippen molar-refractivity contribution < 1.29 is 4.79 Å². The number of carbonyl (C=O) groups excluding carboxylic acids is 1. The molecule has 0 saturated carbocycles. The summed E-state index contributed by atoms with van der Waals surface area (Å²) in [6.07, 6.45) is 2.99. The van der Waals surface area contributed by atoms with Gasteiger partial charge in [0.25, 0.3) is 5.91 Å². The lowest BCUT2D eigenvalue weighted by Gasteiger charge is -2.34. The zero-order valence-corrected chi connectivity index (χ0v) is 12.9. The molecule has 0 unspecified atom stereocenters. The fourth-order valence-corrected chi connectivity index (χ4v) is 3.21. The van der Waals surface area contributed by atoms with Gasteiger partial charge in [-0.05, 0) is 38.3 Å². The van der Waals surface area contributed by atoms with Crippen LogP contribution in [0.15, 0.2) is 24.3 Å². The number of aromatic amines is 2. The smallest absolute Gasteiger partial charge is 0.276 e. The Labute approximate surface area is 133 Å². The highest BCUT2D eigenvalue weighted by atomic mass is 16.2. The molecule has 1 aromatic carbocycles. The standard InChI is InChI=1S/C16H18N6O/c1-10-14(20-21-19-10)16(23)22-9-5-4-8-13(22)15-17-11-6-2-3-7-12(11)18-15/h2-3,6-7,13H,4-5,8-9H2,1H3,(H,17,18)(H,19,20,21)/t13-/m0/s1. The Bertz CT molecular complexity index is 818. The number of hydrogen-bond donors (Lipinski definition) is 2. The van der Waals surface area contributed by atoms with E-state index < -0.39 is 0 Å². The highest BCUT2D eigenvalue weighted by molar-refractivity contribution is 5.93. The number of likely N-dealkylation sites (tertiary alicyclic amines) is 1. The number of rotatable bonds is 2. The first-order valence-electron chi connectivity index (χ1n) is 7.87. The first-order valence-corrected chi connectivity index (χ1v) is 7.87. The molecule has 0 spiro atoms. The summed E-state index contributed by atoms with van der Waals surface area (Å²) < 4.78 is 0. The molecule has 3 heterocycles. The quantitative estimate of drug-likeness (QED) is 0.760. The van der Waals surface area contributed by atoms with Crippen LogP contribution in [0.25, 0.3) is 11.0 Å². The number of benzene rings is 1. The van der Waals surface area contributed by atoms with Gasteiger partial charge in [0, 0.05) is 6.54 Å². The van der Waals surface area contributed by atoms with E-state index in [4.69, 9.17) is 0 Å². The van der Waals surface area contributed by atoms with Crippen molar-refractivity contribution in [2.75, 3.05) is 6.54 Å². The van der Waals surface area contributed by atoms with E-state index in [0.29, 0.717) is 17.9 Å². The van der Waals surface area contributed by atoms with Gasteiger partial charge in [-0.15, -0.1) is 0 Å². The predicted molar refractivity (Wildman–Crippen MR) is 84.8 cm³/mol. The van der Waals surface area contributed by atoms with Crippen molar-refractivity contribution in [2.24, 2.45) is 0 Å². The number of H-pyrrole nitrogens is 2. The van der Waals surface area contributed by atoms with E-state index in [2.05, 4.69) is 25.4 Å². The number of aromatic nitrogens is 5. The lowest BCUT2D eigenvalue weighted by molar-refractivity contribution is 0.0594. The van der Waals surface area contributed by atoms with E-state index in [0.717, 1.165) is 36.1 Å². The number of piperidine rings is 1. The van der Waals surface area contributed by atoms with E-state index >= 15 is 0 Å². The largest absolute Gasteiger partial charge is 0.340 e. The minimum atomic E-state index is -0.0820. The summed E-state index contributed by atoms with van der Waals surface area (Å²) in [7, 11) is 0. The lowest BCUT2D eigenvalue weighted by Crippen LogP contribution is -2.39. The van der Waals surface area contributed by atoms with Gasteiger partial charge in [-0.2, -0.15) is 15.4 Å². The summed E-state index contributed by atoms with van der Waals surface area (Å²) >= 11 is 0. The molecule has 2 aromatic heterocycles. The third-order valence-corrected chi connectivity index (χ3v) is 4.41. The van der Waals surface area contributed by atoms with Crippen LogP contribution in [0.1, 0.15) is 47.3 Å². The van der Waals surface area contributed by atoms with Gasteiger partial charge in [0.05, 0.1) is 22.8 Å². The number of amides is 1. The van der Waals surface area contributed by atoms with Gasteiger partial charge in [0.15, 0.2) is 5.69 Å². The Kier molecular flexibility index (Phi) is 3.33. The number of imidazole rings is 1. The highest BCUT2D eigenvalue weighted by Gasteiger charge is 2.32. The van der Waals surface area contributed by atoms with Crippen molar-refractivity contribution >= 4 is 16.9 Å². The third kappa shape index (κ3) is 2.38. The Morgan fingerprint density at radius 2 is 2.13 bits per heavy atom. The van der Waals surface area contributed by atoms with Crippen molar-refractivity contribution in [3.05, 3.63) is 41.5 Å². The van der Waals surface area contributed by atoms with Crippen molar-refractivity contribution in [3.63, 3.8) is 0 Å². The molecule has 2 N–H and O–H groups in total. The number of para-hydroxylation sites is 2. The van der Waals surface area contributed by atoms with Gasteiger partial charge in [-0.25, -0.2) is 4.98 Å². The van der Waals surface area contributed by atoms with Crippen LogP contribution >= 0.6 is 0 Å². The maximum atomic E-state index is 12.8. The Morgan fingerprint density at radius 3 is 2.91 bits per heavy atom. The molecule has 1 amide bonds. The maximum Gasteiger partial charge on any atom is 0.276 e. The van der Waals surface area contributed by atoms with Gasteiger partial charge >= 0.3 is 0 Å². The lowest BCUT2D eigenvalue weighted by atomic mass is 10.0. The number of hydrogen-bond acceptors (Lipinski definition) is 4. The number of nitrogens with zero attached hydrogens (tertiary/aromatic N) is 4. The molecule has 7 heteroatoms. The van der Waals surface area contributed by atoms with Crippen LogP contribution in [0.3, 0.4) is 0 Å². The van der Waals surface area contributed by atoms with Gasteiger partial charge in [0.1, 0.15) is 5.82 Å². The fourth-order valence-electron chi connectivity index (χ4n) is 3.21. The molecule has 1 aliphatic heterocycles. The Hall–Kier alpha value is -2.70. The van der Waals surface area contributed by atoms with E-state index in [1.807, 2.05) is 29.2 Å². The second-order valence-electron chi connectivity index (χ2n) is 5.91. The number of carbonyl (C=O) groups is 1. The maximum absolute atomic E-state index is 12.8. The zero-order valence-electron chi connectivity index (χ0n) is 12.9. The molecular formula is C16H18N6O. The second kappa shape index (κ2) is 5.49. The van der Waals surface area contributed by atoms with Crippen LogP contribution in [-0.4, -0.2) is 42.7 Å². The molecule has 0 radical (unpaired) electrons. The Balaban J connectivity index is 1.70. The minimum Gasteiger partial charge on any atom is -0.340 e. The van der Waals surface area contributed by atoms with Crippen LogP contribution in [0, 0.1) is 6.92 Å². The molecular weight excluding hydrogens is 292 g/mol. The average molecular weight is 310 g/mol. The molecule has 4 rings (SSSR count). The molecule has 0 aliphatic carbocycles. The molecule has 118 valence electrons. The summed E-state index contributed by atoms with van der Waals surface area (Å²) in [5.41, 5.74) is 2.95. The molecule has 0 bridgehead atoms. The molecule has 1 fully saturated rings. The monoisotopic (exact) mass is 310 g/mol. The Morgan fingerprint density at radius 1 is 1.26 bits per heavy atom. The number of aryl methyl sites for hydroxylation is 1. The highest BCUT2D eigenvalue weighted by Crippen LogP contribution is 2.31. The molecule has 3 aromatic rings. The predicted octanol–water partition coefficient (Wildman–Crippen LogP) is 2.36. The summed E-state index contributed by atoms with van der Waals surface area (Å²) in [6, 6.07) is 7.89. The molecule has 1 atom stereocenters. The van der Waals surface area contributed by atoms with Crippen LogP contribution < -0.4 is 0 Å². The van der Waals surface area contributed by atoms with E-state index in [-0.39, 0.29) is 11.9 Å². The normalized spacial score (nSPS) is 18.5. The van der Waals surface area contributed by atoms with Crippen molar-refractivity contribution in [1.82, 2.24) is 30.3 Å². The summed E-state index contributed by atoms with van der Waals surface area (Å²) in [6.45, 7) is 2.50. The molecule has 7 nitrogen and oxygen atoms in total. The average Bonchev–Trinajstić information content (AvgIpc) is 3.20. The summed E-state index contributed by atoms with van der Waals surface area (Å²) in [5, 5.41) is 10.5. The van der Waals surface area contributed by atoms with Crippen LogP contribution in [-0.2, 0) is 0 Å². The molecule has 1 aliphatic rings. The van der Waals surface area contributed by atoms with E-state index in [9.17, 15) is 4.79 Å². The van der Waals surface area contributed by atoms with E-state index in [1.54, 1.807) is 6.92 Å². The second-order valence-corrected chi connectivity index (χ2v) is 5.91. The van der Waals surface area contributed by atoms with Crippen molar-refractivity contribution in [1.29, 1.82) is 0 Å². The van der Waals surface area contributed by atoms with Gasteiger partial charge in [-0.3, -0.25) is 4.79 Å². The fraction of sp³-hybridized carbons (Fsp3) is 0.375.